The van der Waals surface area contributed by atoms with E-state index < -0.39 is 0 Å². The summed E-state index contributed by atoms with van der Waals surface area (Å²) in [4.78, 5) is 14.5. The summed E-state index contributed by atoms with van der Waals surface area (Å²) in [7, 11) is 0. The van der Waals surface area contributed by atoms with Gasteiger partial charge in [-0.15, -0.1) is 0 Å². The lowest BCUT2D eigenvalue weighted by atomic mass is 9.78. The van der Waals surface area contributed by atoms with Crippen LogP contribution >= 0.6 is 0 Å². The molecule has 2 aliphatic rings. The van der Waals surface area contributed by atoms with Crippen LogP contribution in [0.4, 0.5) is 0 Å². The van der Waals surface area contributed by atoms with Gasteiger partial charge in [0.1, 0.15) is 5.75 Å². The van der Waals surface area contributed by atoms with E-state index in [1.165, 1.54) is 25.7 Å². The van der Waals surface area contributed by atoms with Gasteiger partial charge in [-0.2, -0.15) is 0 Å². The van der Waals surface area contributed by atoms with Crippen molar-refractivity contribution in [3.63, 3.8) is 0 Å². The largest absolute Gasteiger partial charge is 0.508 e. The molecule has 1 aromatic rings. The molecule has 4 nitrogen and oxygen atoms in total. The van der Waals surface area contributed by atoms with Crippen LogP contribution in [0.5, 0.6) is 5.75 Å². The average molecular weight is 330 g/mol. The summed E-state index contributed by atoms with van der Waals surface area (Å²) in [5.74, 6) is 1.63. The van der Waals surface area contributed by atoms with Crippen LogP contribution in [0.3, 0.4) is 0 Å². The minimum Gasteiger partial charge on any atom is -0.508 e. The average Bonchev–Trinajstić information content (AvgIpc) is 2.83. The number of fused-ring (bicyclic) bond motifs is 1. The van der Waals surface area contributed by atoms with Gasteiger partial charge in [0.2, 0.25) is 0 Å². The second kappa shape index (κ2) is 7.14. The predicted molar refractivity (Wildman–Crippen MR) is 96.0 cm³/mol. The highest BCUT2D eigenvalue weighted by Gasteiger charge is 2.32. The third-order valence-corrected chi connectivity index (χ3v) is 5.65. The maximum Gasteiger partial charge on any atom is 0.254 e. The van der Waals surface area contributed by atoms with E-state index in [-0.39, 0.29) is 11.7 Å². The maximum atomic E-state index is 12.5. The van der Waals surface area contributed by atoms with Gasteiger partial charge >= 0.3 is 0 Å². The smallest absolute Gasteiger partial charge is 0.254 e. The zero-order valence-corrected chi connectivity index (χ0v) is 15.1. The Bertz CT molecular complexity index is 591. The quantitative estimate of drug-likeness (QED) is 0.868. The number of benzene rings is 1. The molecule has 132 valence electrons. The third kappa shape index (κ3) is 3.75. The zero-order valence-electron chi connectivity index (χ0n) is 15.1. The number of rotatable bonds is 5. The lowest BCUT2D eigenvalue weighted by molar-refractivity contribution is 0.0724. The van der Waals surface area contributed by atoms with Crippen LogP contribution in [0.15, 0.2) is 18.2 Å². The molecule has 0 spiro atoms. The highest BCUT2D eigenvalue weighted by Crippen LogP contribution is 2.34. The summed E-state index contributed by atoms with van der Waals surface area (Å²) in [5.41, 5.74) is 1.72. The first kappa shape index (κ1) is 17.3. The van der Waals surface area contributed by atoms with Crippen molar-refractivity contribution in [2.24, 2.45) is 11.8 Å². The van der Waals surface area contributed by atoms with Crippen molar-refractivity contribution in [3.05, 3.63) is 29.3 Å². The molecular formula is C20H30N2O2. The second-order valence-electron chi connectivity index (χ2n) is 7.92. The van der Waals surface area contributed by atoms with Crippen molar-refractivity contribution in [2.45, 2.75) is 65.1 Å². The highest BCUT2D eigenvalue weighted by atomic mass is 16.3. The number of hydrogen-bond donors (Lipinski definition) is 2. The molecule has 0 radical (unpaired) electrons. The molecule has 0 aromatic heterocycles. The molecule has 1 saturated carbocycles. The van der Waals surface area contributed by atoms with Crippen molar-refractivity contribution in [1.82, 2.24) is 10.2 Å². The van der Waals surface area contributed by atoms with Gasteiger partial charge in [-0.05, 0) is 62.1 Å². The van der Waals surface area contributed by atoms with Crippen molar-refractivity contribution < 1.29 is 9.90 Å². The normalized spacial score (nSPS) is 25.2. The standard InChI is InChI=1S/C20H30N2O2/c1-13(2)21-14(3)16-6-4-15(5-7-16)11-22-12-17-8-9-18(23)10-19(17)20(22)24/h8-10,13-16,21,23H,4-7,11-12H2,1-3H3/t14?,15-,16-. The number of nitrogens with one attached hydrogen (secondary N) is 1. The summed E-state index contributed by atoms with van der Waals surface area (Å²) in [6.45, 7) is 8.26. The SMILES string of the molecule is CC(C)NC(C)[C@H]1CC[C@H](CN2Cc3ccc(O)cc3C2=O)CC1. The number of phenolic OH excluding ortho intramolecular Hbond substituents is 1. The van der Waals surface area contributed by atoms with Crippen LogP contribution in [0.2, 0.25) is 0 Å². The minimum atomic E-state index is 0.0814. The molecule has 3 rings (SSSR count). The van der Waals surface area contributed by atoms with E-state index in [2.05, 4.69) is 26.1 Å². The van der Waals surface area contributed by atoms with Gasteiger partial charge in [-0.25, -0.2) is 0 Å². The summed E-state index contributed by atoms with van der Waals surface area (Å²) in [6, 6.07) is 6.26. The molecule has 2 N–H and O–H groups in total. The Balaban J connectivity index is 1.52. The maximum absolute atomic E-state index is 12.5. The number of carbonyl (C=O) groups excluding carboxylic acids is 1. The molecule has 24 heavy (non-hydrogen) atoms. The van der Waals surface area contributed by atoms with Crippen molar-refractivity contribution in [2.75, 3.05) is 6.54 Å². The first-order valence-electron chi connectivity index (χ1n) is 9.31. The first-order valence-corrected chi connectivity index (χ1v) is 9.31. The number of phenols is 1. The molecule has 1 amide bonds. The highest BCUT2D eigenvalue weighted by molar-refractivity contribution is 5.98. The van der Waals surface area contributed by atoms with Crippen molar-refractivity contribution >= 4 is 5.91 Å². The number of nitrogens with zero attached hydrogens (tertiary/aromatic N) is 1. The molecule has 1 fully saturated rings. The van der Waals surface area contributed by atoms with E-state index in [4.69, 9.17) is 0 Å². The summed E-state index contributed by atoms with van der Waals surface area (Å²) < 4.78 is 0. The monoisotopic (exact) mass is 330 g/mol. The molecule has 1 atom stereocenters. The van der Waals surface area contributed by atoms with Gasteiger partial charge in [-0.3, -0.25) is 4.79 Å². The van der Waals surface area contributed by atoms with E-state index in [1.807, 2.05) is 11.0 Å². The fraction of sp³-hybridized carbons (Fsp3) is 0.650. The van der Waals surface area contributed by atoms with Crippen molar-refractivity contribution in [1.29, 1.82) is 0 Å². The Hall–Kier alpha value is -1.55. The fourth-order valence-electron chi connectivity index (χ4n) is 4.34. The molecule has 0 bridgehead atoms. The zero-order chi connectivity index (χ0) is 17.3. The molecule has 1 aromatic carbocycles. The van der Waals surface area contributed by atoms with Crippen LogP contribution in [-0.2, 0) is 6.54 Å². The van der Waals surface area contributed by atoms with Crippen LogP contribution in [0.25, 0.3) is 0 Å². The van der Waals surface area contributed by atoms with Crippen LogP contribution in [0, 0.1) is 11.8 Å². The fourth-order valence-corrected chi connectivity index (χ4v) is 4.34. The molecule has 1 heterocycles. The van der Waals surface area contributed by atoms with Gasteiger partial charge in [0.25, 0.3) is 5.91 Å². The topological polar surface area (TPSA) is 52.6 Å². The lowest BCUT2D eigenvalue weighted by Gasteiger charge is -2.35. The van der Waals surface area contributed by atoms with E-state index >= 15 is 0 Å². The first-order chi connectivity index (χ1) is 11.4. The van der Waals surface area contributed by atoms with Gasteiger partial charge in [0, 0.05) is 30.7 Å². The van der Waals surface area contributed by atoms with Crippen LogP contribution in [0.1, 0.15) is 62.4 Å². The molecular weight excluding hydrogens is 300 g/mol. The minimum absolute atomic E-state index is 0.0814. The van der Waals surface area contributed by atoms with E-state index in [0.29, 0.717) is 30.1 Å². The molecule has 0 saturated heterocycles. The second-order valence-corrected chi connectivity index (χ2v) is 7.92. The number of aromatic hydroxyl groups is 1. The summed E-state index contributed by atoms with van der Waals surface area (Å²) in [5, 5.41) is 13.2. The lowest BCUT2D eigenvalue weighted by Crippen LogP contribution is -2.40. The van der Waals surface area contributed by atoms with Gasteiger partial charge < -0.3 is 15.3 Å². The third-order valence-electron chi connectivity index (χ3n) is 5.65. The Morgan fingerprint density at radius 1 is 1.21 bits per heavy atom. The summed E-state index contributed by atoms with van der Waals surface area (Å²) >= 11 is 0. The van der Waals surface area contributed by atoms with E-state index in [9.17, 15) is 9.90 Å². The van der Waals surface area contributed by atoms with Crippen LogP contribution < -0.4 is 5.32 Å². The number of amides is 1. The molecule has 1 aliphatic heterocycles. The van der Waals surface area contributed by atoms with E-state index in [1.54, 1.807) is 12.1 Å². The van der Waals surface area contributed by atoms with Gasteiger partial charge in [-0.1, -0.05) is 19.9 Å². The Morgan fingerprint density at radius 3 is 2.58 bits per heavy atom. The molecule has 1 aliphatic carbocycles. The van der Waals surface area contributed by atoms with Gasteiger partial charge in [0.15, 0.2) is 0 Å². The molecule has 1 unspecified atom stereocenters. The Morgan fingerprint density at radius 2 is 1.92 bits per heavy atom. The van der Waals surface area contributed by atoms with Crippen molar-refractivity contribution in [3.8, 4) is 5.75 Å². The number of carbonyl (C=O) groups is 1. The van der Waals surface area contributed by atoms with E-state index in [0.717, 1.165) is 18.0 Å². The molecule has 4 heteroatoms. The Kier molecular flexibility index (Phi) is 5.14. The van der Waals surface area contributed by atoms with Gasteiger partial charge in [0.05, 0.1) is 0 Å². The number of hydrogen-bond acceptors (Lipinski definition) is 3. The predicted octanol–water partition coefficient (Wildman–Crippen LogP) is 3.54. The Labute approximate surface area is 145 Å². The summed E-state index contributed by atoms with van der Waals surface area (Å²) in [6.07, 6.45) is 4.92. The van der Waals surface area contributed by atoms with Crippen LogP contribution in [-0.4, -0.2) is 34.5 Å².